The van der Waals surface area contributed by atoms with Gasteiger partial charge in [0.15, 0.2) is 5.78 Å². The first-order valence-electron chi connectivity index (χ1n) is 2.96. The molecule has 0 atom stereocenters. The molecule has 0 fully saturated rings. The molecule has 0 radical (unpaired) electrons. The van der Waals surface area contributed by atoms with E-state index in [1.165, 1.54) is 0 Å². The molecular formula is C8H7BrO. The van der Waals surface area contributed by atoms with Crippen LogP contribution in [-0.2, 0) is 0 Å². The summed E-state index contributed by atoms with van der Waals surface area (Å²) in [6.45, 7) is 1.56. The third-order valence-corrected chi connectivity index (χ3v) is 1.72. The van der Waals surface area contributed by atoms with Gasteiger partial charge in [0.05, 0.1) is 0 Å². The molecule has 0 aliphatic carbocycles. The molecular weight excluding hydrogens is 198 g/mol. The summed E-state index contributed by atoms with van der Waals surface area (Å²) >= 11 is 3.28. The van der Waals surface area contributed by atoms with Gasteiger partial charge in [-0.1, -0.05) is 28.1 Å². The van der Waals surface area contributed by atoms with Gasteiger partial charge in [-0.2, -0.15) is 0 Å². The van der Waals surface area contributed by atoms with E-state index in [1.54, 1.807) is 13.0 Å². The highest BCUT2D eigenvalue weighted by Gasteiger charge is 1.96. The maximum absolute atomic E-state index is 10.8. The fraction of sp³-hybridized carbons (Fsp3) is 0.125. The lowest BCUT2D eigenvalue weighted by Gasteiger charge is -1.93. The Morgan fingerprint density at radius 2 is 2.20 bits per heavy atom. The minimum absolute atomic E-state index is 0.0984. The summed E-state index contributed by atoms with van der Waals surface area (Å²) in [7, 11) is 0. The Kier molecular flexibility index (Phi) is 2.22. The highest BCUT2D eigenvalue weighted by atomic mass is 79.9. The highest BCUT2D eigenvalue weighted by molar-refractivity contribution is 9.10. The van der Waals surface area contributed by atoms with Gasteiger partial charge in [0.2, 0.25) is 0 Å². The molecule has 0 saturated carbocycles. The first-order valence-corrected chi connectivity index (χ1v) is 3.76. The van der Waals surface area contributed by atoms with Crippen LogP contribution in [0.1, 0.15) is 17.3 Å². The van der Waals surface area contributed by atoms with Crippen molar-refractivity contribution in [1.29, 1.82) is 0 Å². The van der Waals surface area contributed by atoms with Crippen molar-refractivity contribution in [3.8, 4) is 0 Å². The minimum Gasteiger partial charge on any atom is -0.295 e. The van der Waals surface area contributed by atoms with Crippen LogP contribution >= 0.6 is 15.9 Å². The zero-order valence-electron chi connectivity index (χ0n) is 5.60. The lowest BCUT2D eigenvalue weighted by atomic mass is 10.6. The number of benzene rings is 1. The SMILES string of the molecule is CC(=O)[13c]1[13cH][13cH][13cH][13c](Br)[13cH]1. The van der Waals surface area contributed by atoms with E-state index in [2.05, 4.69) is 15.9 Å². The normalized spacial score (nSPS) is 9.40. The van der Waals surface area contributed by atoms with Crippen LogP contribution in [0.2, 0.25) is 0 Å². The summed E-state index contributed by atoms with van der Waals surface area (Å²) in [5, 5.41) is 0. The van der Waals surface area contributed by atoms with Crippen molar-refractivity contribution in [1.82, 2.24) is 0 Å². The molecule has 0 spiro atoms. The van der Waals surface area contributed by atoms with Crippen molar-refractivity contribution >= 4 is 21.7 Å². The average molecular weight is 205 g/mol. The van der Waals surface area contributed by atoms with Crippen molar-refractivity contribution in [3.05, 3.63) is 34.3 Å². The van der Waals surface area contributed by atoms with Gasteiger partial charge >= 0.3 is 0 Å². The van der Waals surface area contributed by atoms with Crippen molar-refractivity contribution in [2.45, 2.75) is 6.92 Å². The number of hydrogen-bond acceptors (Lipinski definition) is 1. The van der Waals surface area contributed by atoms with Crippen molar-refractivity contribution in [3.63, 3.8) is 0 Å². The Balaban J connectivity index is 3.07. The molecule has 0 saturated heterocycles. The lowest BCUT2D eigenvalue weighted by Crippen LogP contribution is -1.89. The van der Waals surface area contributed by atoms with Crippen LogP contribution < -0.4 is 0 Å². The summed E-state index contributed by atoms with van der Waals surface area (Å²) in [6.07, 6.45) is 0. The van der Waals surface area contributed by atoms with Gasteiger partial charge in [0, 0.05) is 10.0 Å². The minimum atomic E-state index is 0.0984. The number of ketones is 1. The summed E-state index contributed by atoms with van der Waals surface area (Å²) in [5.41, 5.74) is 0.745. The summed E-state index contributed by atoms with van der Waals surface area (Å²) < 4.78 is 0.945. The van der Waals surface area contributed by atoms with Gasteiger partial charge in [-0.3, -0.25) is 4.79 Å². The fourth-order valence-corrected chi connectivity index (χ4v) is 1.11. The second-order valence-electron chi connectivity index (χ2n) is 2.07. The van der Waals surface area contributed by atoms with Gasteiger partial charge in [-0.25, -0.2) is 0 Å². The third kappa shape index (κ3) is 1.67. The molecule has 52 valence electrons. The maximum atomic E-state index is 10.8. The quantitative estimate of drug-likeness (QED) is 0.644. The van der Waals surface area contributed by atoms with Crippen LogP contribution in [0.15, 0.2) is 28.7 Å². The average Bonchev–Trinajstić information content (AvgIpc) is 1.88. The van der Waals surface area contributed by atoms with Gasteiger partial charge in [0.25, 0.3) is 0 Å². The van der Waals surface area contributed by atoms with Crippen LogP contribution in [0.25, 0.3) is 0 Å². The molecule has 0 bridgehead atoms. The predicted molar refractivity (Wildman–Crippen MR) is 44.1 cm³/mol. The molecule has 0 aromatic heterocycles. The molecule has 0 aliphatic rings. The van der Waals surface area contributed by atoms with E-state index < -0.39 is 0 Å². The summed E-state index contributed by atoms with van der Waals surface area (Å²) in [5.74, 6) is 0.0984. The molecule has 10 heavy (non-hydrogen) atoms. The van der Waals surface area contributed by atoms with E-state index >= 15 is 0 Å². The molecule has 0 heterocycles. The molecule has 2 heteroatoms. The van der Waals surface area contributed by atoms with E-state index in [0.717, 1.165) is 10.0 Å². The smallest absolute Gasteiger partial charge is 0.159 e. The van der Waals surface area contributed by atoms with Gasteiger partial charge in [-0.15, -0.1) is 0 Å². The van der Waals surface area contributed by atoms with Crippen LogP contribution in [0.4, 0.5) is 0 Å². The summed E-state index contributed by atoms with van der Waals surface area (Å²) in [4.78, 5) is 10.8. The number of carbonyl (C=O) groups excluding carboxylic acids is 1. The molecule has 1 aromatic carbocycles. The van der Waals surface area contributed by atoms with Gasteiger partial charge in [0.1, 0.15) is 0 Å². The Morgan fingerprint density at radius 1 is 1.50 bits per heavy atom. The fourth-order valence-electron chi connectivity index (χ4n) is 0.707. The van der Waals surface area contributed by atoms with E-state index in [1.807, 2.05) is 18.2 Å². The van der Waals surface area contributed by atoms with E-state index in [9.17, 15) is 4.79 Å². The molecule has 0 aliphatic heterocycles. The molecule has 0 N–H and O–H groups in total. The zero-order chi connectivity index (χ0) is 7.56. The number of Topliss-reactive ketones (excluding diaryl/α,β-unsaturated/α-hetero) is 1. The standard InChI is InChI=1S/C8H7BrO/c1-6(10)7-3-2-4-8(9)5-7/h2-5H,1H3/i2+1,3+1,4+1,5+1,7+1,8+1. The zero-order valence-corrected chi connectivity index (χ0v) is 7.18. The summed E-state index contributed by atoms with van der Waals surface area (Å²) in [6, 6.07) is 7.35. The first-order chi connectivity index (χ1) is 4.70. The van der Waals surface area contributed by atoms with Crippen molar-refractivity contribution < 1.29 is 4.79 Å². The maximum Gasteiger partial charge on any atom is 0.159 e. The number of carbonyl (C=O) groups is 1. The second kappa shape index (κ2) is 2.97. The molecule has 1 nitrogen and oxygen atoms in total. The van der Waals surface area contributed by atoms with Crippen molar-refractivity contribution in [2.24, 2.45) is 0 Å². The monoisotopic (exact) mass is 204 g/mol. The topological polar surface area (TPSA) is 17.1 Å². The molecule has 1 rings (SSSR count). The molecule has 0 unspecified atom stereocenters. The van der Waals surface area contributed by atoms with Crippen molar-refractivity contribution in [2.75, 3.05) is 0 Å². The number of halogens is 1. The largest absolute Gasteiger partial charge is 0.295 e. The van der Waals surface area contributed by atoms with E-state index in [0.29, 0.717) is 0 Å². The molecule has 1 aromatic rings. The third-order valence-electron chi connectivity index (χ3n) is 1.23. The van der Waals surface area contributed by atoms with Crippen LogP contribution in [0.5, 0.6) is 0 Å². The van der Waals surface area contributed by atoms with E-state index in [4.69, 9.17) is 0 Å². The lowest BCUT2D eigenvalue weighted by molar-refractivity contribution is 0.101. The van der Waals surface area contributed by atoms with Gasteiger partial charge < -0.3 is 0 Å². The number of rotatable bonds is 1. The van der Waals surface area contributed by atoms with E-state index in [-0.39, 0.29) is 5.78 Å². The highest BCUT2D eigenvalue weighted by Crippen LogP contribution is 2.11. The van der Waals surface area contributed by atoms with Gasteiger partial charge in [-0.05, 0) is 19.1 Å². The predicted octanol–water partition coefficient (Wildman–Crippen LogP) is 2.65. The number of hydrogen-bond donors (Lipinski definition) is 0. The Bertz CT molecular complexity index is 255. The van der Waals surface area contributed by atoms with Crippen LogP contribution in [0, 0.1) is 0 Å². The Labute approximate surface area is 68.2 Å². The van der Waals surface area contributed by atoms with Crippen LogP contribution in [0.3, 0.4) is 0 Å². The van der Waals surface area contributed by atoms with Crippen LogP contribution in [-0.4, -0.2) is 5.78 Å². The first kappa shape index (κ1) is 7.48. The Hall–Kier alpha value is -0.630. The Morgan fingerprint density at radius 3 is 2.60 bits per heavy atom. The second-order valence-corrected chi connectivity index (χ2v) is 2.98. The molecule has 0 amide bonds.